The first-order chi connectivity index (χ1) is 10.0. The summed E-state index contributed by atoms with van der Waals surface area (Å²) in [5, 5.41) is 8.29. The number of ether oxygens (including phenoxy) is 1. The van der Waals surface area contributed by atoms with E-state index in [1.165, 1.54) is 11.3 Å². The molecule has 0 spiro atoms. The zero-order valence-electron chi connectivity index (χ0n) is 12.1. The van der Waals surface area contributed by atoms with Crippen molar-refractivity contribution in [3.63, 3.8) is 0 Å². The van der Waals surface area contributed by atoms with Crippen LogP contribution in [-0.2, 0) is 11.8 Å². The van der Waals surface area contributed by atoms with E-state index in [0.29, 0.717) is 5.75 Å². The molecule has 1 heterocycles. The third kappa shape index (κ3) is 3.47. The quantitative estimate of drug-likeness (QED) is 0.380. The average molecular weight is 307 g/mol. The molecule has 3 N–H and O–H groups in total. The zero-order valence-corrected chi connectivity index (χ0v) is 12.9. The van der Waals surface area contributed by atoms with E-state index in [1.54, 1.807) is 6.07 Å². The molecule has 0 fully saturated rings. The summed E-state index contributed by atoms with van der Waals surface area (Å²) in [7, 11) is 1.88. The molecular formula is C13H17N5O2S. The fourth-order valence-corrected chi connectivity index (χ4v) is 2.70. The van der Waals surface area contributed by atoms with Crippen molar-refractivity contribution in [3.8, 4) is 5.75 Å². The van der Waals surface area contributed by atoms with Gasteiger partial charge in [-0.05, 0) is 26.0 Å². The van der Waals surface area contributed by atoms with Gasteiger partial charge in [0.1, 0.15) is 11.3 Å². The highest BCUT2D eigenvalue weighted by Gasteiger charge is 2.10. The van der Waals surface area contributed by atoms with Crippen molar-refractivity contribution in [1.82, 2.24) is 9.99 Å². The minimum absolute atomic E-state index is 0.135. The number of fused-ring (bicyclic) bond motifs is 1. The number of carbonyl (C=O) groups is 1. The number of hydrogen-bond acceptors (Lipinski definition) is 6. The van der Waals surface area contributed by atoms with E-state index in [-0.39, 0.29) is 12.5 Å². The molecule has 0 radical (unpaired) electrons. The highest BCUT2D eigenvalue weighted by molar-refractivity contribution is 7.16. The van der Waals surface area contributed by atoms with Crippen LogP contribution in [0.2, 0.25) is 0 Å². The van der Waals surface area contributed by atoms with Gasteiger partial charge in [-0.3, -0.25) is 10.2 Å². The molecule has 0 saturated carbocycles. The molecule has 0 atom stereocenters. The number of rotatable bonds is 4. The first-order valence-corrected chi connectivity index (χ1v) is 7.10. The van der Waals surface area contributed by atoms with Crippen LogP contribution in [0.4, 0.5) is 0 Å². The van der Waals surface area contributed by atoms with Crippen LogP contribution >= 0.6 is 11.3 Å². The monoisotopic (exact) mass is 307 g/mol. The third-order valence-electron chi connectivity index (χ3n) is 2.64. The van der Waals surface area contributed by atoms with Crippen molar-refractivity contribution in [2.75, 3.05) is 6.61 Å². The topological polar surface area (TPSA) is 94.0 Å². The number of carbonyl (C=O) groups excluding carboxylic acids is 1. The van der Waals surface area contributed by atoms with Crippen LogP contribution in [0.25, 0.3) is 10.2 Å². The minimum Gasteiger partial charge on any atom is -0.481 e. The number of aryl methyl sites for hydroxylation is 1. The second kappa shape index (κ2) is 6.51. The van der Waals surface area contributed by atoms with Gasteiger partial charge in [-0.1, -0.05) is 17.4 Å². The lowest BCUT2D eigenvalue weighted by molar-refractivity contribution is -0.123. The Hall–Kier alpha value is -2.19. The maximum Gasteiger partial charge on any atom is 0.271 e. The Kier molecular flexibility index (Phi) is 4.71. The summed E-state index contributed by atoms with van der Waals surface area (Å²) in [4.78, 5) is 11.9. The second-order valence-electron chi connectivity index (χ2n) is 4.55. The summed E-state index contributed by atoms with van der Waals surface area (Å²) < 4.78 is 8.40. The van der Waals surface area contributed by atoms with Crippen molar-refractivity contribution < 1.29 is 9.53 Å². The molecule has 0 unspecified atom stereocenters. The molecule has 112 valence electrons. The van der Waals surface area contributed by atoms with Gasteiger partial charge >= 0.3 is 0 Å². The normalized spacial score (nSPS) is 11.5. The van der Waals surface area contributed by atoms with E-state index in [9.17, 15) is 4.79 Å². The number of amides is 1. The molecule has 0 aliphatic carbocycles. The van der Waals surface area contributed by atoms with E-state index in [4.69, 9.17) is 10.6 Å². The zero-order chi connectivity index (χ0) is 15.4. The van der Waals surface area contributed by atoms with Crippen LogP contribution in [0.3, 0.4) is 0 Å². The number of para-hydroxylation sites is 1. The summed E-state index contributed by atoms with van der Waals surface area (Å²) in [5.74, 6) is 5.26. The minimum atomic E-state index is -0.388. The van der Waals surface area contributed by atoms with Crippen LogP contribution in [-0.4, -0.2) is 22.8 Å². The molecular weight excluding hydrogens is 290 g/mol. The number of nitrogens with zero attached hydrogens (tertiary/aromatic N) is 3. The van der Waals surface area contributed by atoms with Gasteiger partial charge in [0.05, 0.1) is 4.70 Å². The number of nitrogens with one attached hydrogen (secondary N) is 1. The number of aromatic nitrogens is 1. The van der Waals surface area contributed by atoms with E-state index in [1.807, 2.05) is 43.0 Å². The van der Waals surface area contributed by atoms with Crippen LogP contribution in [0.15, 0.2) is 28.4 Å². The van der Waals surface area contributed by atoms with Gasteiger partial charge in [-0.2, -0.15) is 5.10 Å². The Morgan fingerprint density at radius 1 is 1.48 bits per heavy atom. The molecule has 21 heavy (non-hydrogen) atoms. The van der Waals surface area contributed by atoms with Crippen molar-refractivity contribution in [1.29, 1.82) is 0 Å². The molecule has 0 bridgehead atoms. The predicted octanol–water partition coefficient (Wildman–Crippen LogP) is 0.905. The lowest BCUT2D eigenvalue weighted by Crippen LogP contribution is -2.34. The van der Waals surface area contributed by atoms with Crippen molar-refractivity contribution in [2.45, 2.75) is 13.8 Å². The highest BCUT2D eigenvalue weighted by atomic mass is 32.1. The van der Waals surface area contributed by atoms with Crippen LogP contribution in [0.1, 0.15) is 13.8 Å². The summed E-state index contributed by atoms with van der Waals surface area (Å²) in [6.45, 7) is 3.64. The average Bonchev–Trinajstić information content (AvgIpc) is 2.79. The Labute approximate surface area is 125 Å². The van der Waals surface area contributed by atoms with Gasteiger partial charge < -0.3 is 9.30 Å². The molecule has 8 heteroatoms. The lowest BCUT2D eigenvalue weighted by Gasteiger charge is -2.07. The molecule has 1 amide bonds. The molecule has 2 aromatic rings. The SMILES string of the molecule is CC(C)=NN=c1sc2cccc(OCC(=O)NN)c2n1C. The largest absolute Gasteiger partial charge is 0.481 e. The Bertz CT molecular complexity index is 755. The van der Waals surface area contributed by atoms with Gasteiger partial charge in [-0.15, -0.1) is 5.10 Å². The summed E-state index contributed by atoms with van der Waals surface area (Å²) >= 11 is 1.50. The lowest BCUT2D eigenvalue weighted by atomic mass is 10.3. The van der Waals surface area contributed by atoms with E-state index in [0.717, 1.165) is 20.7 Å². The first kappa shape index (κ1) is 15.2. The Morgan fingerprint density at radius 2 is 2.24 bits per heavy atom. The molecule has 7 nitrogen and oxygen atoms in total. The summed E-state index contributed by atoms with van der Waals surface area (Å²) in [5.41, 5.74) is 3.78. The first-order valence-electron chi connectivity index (χ1n) is 6.28. The number of hydrazine groups is 1. The molecule has 0 saturated heterocycles. The van der Waals surface area contributed by atoms with Crippen molar-refractivity contribution in [2.24, 2.45) is 23.1 Å². The van der Waals surface area contributed by atoms with Crippen molar-refractivity contribution >= 4 is 33.2 Å². The predicted molar refractivity (Wildman–Crippen MR) is 83.0 cm³/mol. The Balaban J connectivity index is 2.47. The molecule has 1 aromatic heterocycles. The fourth-order valence-electron chi connectivity index (χ4n) is 1.71. The molecule has 0 aliphatic heterocycles. The van der Waals surface area contributed by atoms with Gasteiger partial charge in [0.2, 0.25) is 4.80 Å². The number of hydrogen-bond donors (Lipinski definition) is 2. The van der Waals surface area contributed by atoms with E-state index in [2.05, 4.69) is 10.2 Å². The van der Waals surface area contributed by atoms with E-state index >= 15 is 0 Å². The number of thiazole rings is 1. The van der Waals surface area contributed by atoms with Gasteiger partial charge in [-0.25, -0.2) is 5.84 Å². The standard InChI is InChI=1S/C13H17N5O2S/c1-8(2)16-17-13-18(3)12-9(20-7-11(19)15-14)5-4-6-10(12)21-13/h4-6H,7,14H2,1-3H3,(H,15,19). The number of benzene rings is 1. The van der Waals surface area contributed by atoms with Crippen LogP contribution in [0, 0.1) is 0 Å². The summed E-state index contributed by atoms with van der Waals surface area (Å²) in [6, 6.07) is 5.64. The smallest absolute Gasteiger partial charge is 0.271 e. The molecule has 0 aliphatic rings. The fraction of sp³-hybridized carbons (Fsp3) is 0.308. The van der Waals surface area contributed by atoms with Crippen LogP contribution < -0.4 is 20.8 Å². The highest BCUT2D eigenvalue weighted by Crippen LogP contribution is 2.26. The van der Waals surface area contributed by atoms with Gasteiger partial charge in [0, 0.05) is 12.8 Å². The van der Waals surface area contributed by atoms with Gasteiger partial charge in [0.25, 0.3) is 5.91 Å². The molecule has 2 rings (SSSR count). The maximum atomic E-state index is 11.2. The van der Waals surface area contributed by atoms with Crippen LogP contribution in [0.5, 0.6) is 5.75 Å². The Morgan fingerprint density at radius 3 is 2.90 bits per heavy atom. The summed E-state index contributed by atoms with van der Waals surface area (Å²) in [6.07, 6.45) is 0. The maximum absolute atomic E-state index is 11.2. The van der Waals surface area contributed by atoms with E-state index < -0.39 is 0 Å². The molecule has 1 aromatic carbocycles. The second-order valence-corrected chi connectivity index (χ2v) is 5.56. The van der Waals surface area contributed by atoms with Gasteiger partial charge in [0.15, 0.2) is 6.61 Å². The van der Waals surface area contributed by atoms with Crippen molar-refractivity contribution in [3.05, 3.63) is 23.0 Å². The third-order valence-corrected chi connectivity index (χ3v) is 3.73. The number of nitrogens with two attached hydrogens (primary N) is 1.